The lowest BCUT2D eigenvalue weighted by atomic mass is 10.0. The monoisotopic (exact) mass is 223 g/mol. The SMILES string of the molecule is CCC(CC)Cn1ccc(CNC(C)C)n1. The molecule has 92 valence electrons. The second-order valence-electron chi connectivity index (χ2n) is 4.75. The molecule has 0 unspecified atom stereocenters. The molecule has 3 heteroatoms. The van der Waals surface area contributed by atoms with Crippen molar-refractivity contribution in [2.45, 2.75) is 59.7 Å². The van der Waals surface area contributed by atoms with Crippen molar-refractivity contribution in [3.8, 4) is 0 Å². The van der Waals surface area contributed by atoms with E-state index in [4.69, 9.17) is 0 Å². The van der Waals surface area contributed by atoms with Crippen LogP contribution in [-0.2, 0) is 13.1 Å². The molecule has 1 heterocycles. The predicted molar refractivity (Wildman–Crippen MR) is 68.3 cm³/mol. The highest BCUT2D eigenvalue weighted by atomic mass is 15.3. The van der Waals surface area contributed by atoms with Crippen molar-refractivity contribution < 1.29 is 0 Å². The Bertz CT molecular complexity index is 287. The standard InChI is InChI=1S/C13H25N3/c1-5-12(6-2)10-16-8-7-13(15-16)9-14-11(3)4/h7-8,11-12,14H,5-6,9-10H2,1-4H3. The largest absolute Gasteiger partial charge is 0.309 e. The van der Waals surface area contributed by atoms with Gasteiger partial charge in [0.1, 0.15) is 0 Å². The number of nitrogens with one attached hydrogen (secondary N) is 1. The molecule has 0 aliphatic heterocycles. The van der Waals surface area contributed by atoms with Gasteiger partial charge in [0.25, 0.3) is 0 Å². The topological polar surface area (TPSA) is 29.9 Å². The molecular weight excluding hydrogens is 198 g/mol. The van der Waals surface area contributed by atoms with Crippen LogP contribution >= 0.6 is 0 Å². The Morgan fingerprint density at radius 2 is 2.00 bits per heavy atom. The summed E-state index contributed by atoms with van der Waals surface area (Å²) in [5, 5.41) is 7.95. The quantitative estimate of drug-likeness (QED) is 0.770. The summed E-state index contributed by atoms with van der Waals surface area (Å²) in [5.41, 5.74) is 1.14. The third kappa shape index (κ3) is 4.35. The number of nitrogens with zero attached hydrogens (tertiary/aromatic N) is 2. The predicted octanol–water partition coefficient (Wildman–Crippen LogP) is 2.82. The van der Waals surface area contributed by atoms with Crippen LogP contribution in [0.1, 0.15) is 46.2 Å². The Balaban J connectivity index is 2.44. The van der Waals surface area contributed by atoms with Crippen LogP contribution in [0.3, 0.4) is 0 Å². The third-order valence-electron chi connectivity index (χ3n) is 2.99. The molecule has 0 saturated carbocycles. The lowest BCUT2D eigenvalue weighted by Crippen LogP contribution is -2.22. The molecule has 0 amide bonds. The van der Waals surface area contributed by atoms with E-state index >= 15 is 0 Å². The van der Waals surface area contributed by atoms with Crippen molar-refractivity contribution in [1.29, 1.82) is 0 Å². The van der Waals surface area contributed by atoms with Crippen LogP contribution < -0.4 is 5.32 Å². The number of hydrogen-bond acceptors (Lipinski definition) is 2. The second-order valence-corrected chi connectivity index (χ2v) is 4.75. The van der Waals surface area contributed by atoms with Crippen LogP contribution in [0.5, 0.6) is 0 Å². The first kappa shape index (κ1) is 13.2. The molecule has 3 nitrogen and oxygen atoms in total. The molecule has 0 atom stereocenters. The summed E-state index contributed by atoms with van der Waals surface area (Å²) in [6.45, 7) is 10.7. The normalized spacial score (nSPS) is 11.6. The first-order chi connectivity index (χ1) is 7.65. The molecule has 0 fully saturated rings. The van der Waals surface area contributed by atoms with E-state index in [0.717, 1.165) is 24.7 Å². The Morgan fingerprint density at radius 1 is 1.31 bits per heavy atom. The lowest BCUT2D eigenvalue weighted by Gasteiger charge is -2.11. The average Bonchev–Trinajstić information content (AvgIpc) is 2.70. The molecule has 0 aromatic carbocycles. The van der Waals surface area contributed by atoms with E-state index in [1.807, 2.05) is 0 Å². The highest BCUT2D eigenvalue weighted by Crippen LogP contribution is 2.10. The van der Waals surface area contributed by atoms with E-state index in [1.165, 1.54) is 12.8 Å². The highest BCUT2D eigenvalue weighted by molar-refractivity contribution is 4.98. The Kier molecular flexibility index (Phi) is 5.53. The van der Waals surface area contributed by atoms with Crippen molar-refractivity contribution in [2.24, 2.45) is 5.92 Å². The van der Waals surface area contributed by atoms with Crippen molar-refractivity contribution in [3.05, 3.63) is 18.0 Å². The summed E-state index contributed by atoms with van der Waals surface area (Å²) in [6, 6.07) is 2.63. The lowest BCUT2D eigenvalue weighted by molar-refractivity contribution is 0.393. The first-order valence-corrected chi connectivity index (χ1v) is 6.41. The molecule has 0 aliphatic carbocycles. The molecule has 16 heavy (non-hydrogen) atoms. The minimum Gasteiger partial charge on any atom is -0.309 e. The van der Waals surface area contributed by atoms with E-state index in [-0.39, 0.29) is 0 Å². The molecule has 1 aromatic heterocycles. The van der Waals surface area contributed by atoms with Crippen molar-refractivity contribution >= 4 is 0 Å². The van der Waals surface area contributed by atoms with E-state index in [0.29, 0.717) is 6.04 Å². The summed E-state index contributed by atoms with van der Waals surface area (Å²) >= 11 is 0. The molecule has 0 spiro atoms. The highest BCUT2D eigenvalue weighted by Gasteiger charge is 2.06. The van der Waals surface area contributed by atoms with E-state index in [9.17, 15) is 0 Å². The molecule has 1 rings (SSSR count). The van der Waals surface area contributed by atoms with Crippen LogP contribution in [0.2, 0.25) is 0 Å². The van der Waals surface area contributed by atoms with Gasteiger partial charge >= 0.3 is 0 Å². The molecule has 0 radical (unpaired) electrons. The summed E-state index contributed by atoms with van der Waals surface area (Å²) in [7, 11) is 0. The maximum atomic E-state index is 4.57. The molecule has 1 N–H and O–H groups in total. The van der Waals surface area contributed by atoms with Gasteiger partial charge in [-0.05, 0) is 12.0 Å². The van der Waals surface area contributed by atoms with Gasteiger partial charge in [-0.3, -0.25) is 4.68 Å². The van der Waals surface area contributed by atoms with Gasteiger partial charge in [0.15, 0.2) is 0 Å². The summed E-state index contributed by atoms with van der Waals surface area (Å²) in [4.78, 5) is 0. The minimum absolute atomic E-state index is 0.518. The summed E-state index contributed by atoms with van der Waals surface area (Å²) < 4.78 is 2.08. The average molecular weight is 223 g/mol. The Morgan fingerprint density at radius 3 is 2.56 bits per heavy atom. The van der Waals surface area contributed by atoms with Gasteiger partial charge in [-0.15, -0.1) is 0 Å². The van der Waals surface area contributed by atoms with Crippen LogP contribution in [0, 0.1) is 5.92 Å². The molecule has 0 bridgehead atoms. The van der Waals surface area contributed by atoms with Gasteiger partial charge < -0.3 is 5.32 Å². The van der Waals surface area contributed by atoms with E-state index in [1.54, 1.807) is 0 Å². The van der Waals surface area contributed by atoms with Crippen LogP contribution in [0.4, 0.5) is 0 Å². The Hall–Kier alpha value is -0.830. The van der Waals surface area contributed by atoms with E-state index < -0.39 is 0 Å². The van der Waals surface area contributed by atoms with Crippen LogP contribution in [-0.4, -0.2) is 15.8 Å². The minimum atomic E-state index is 0.518. The zero-order valence-electron chi connectivity index (χ0n) is 11.0. The van der Waals surface area contributed by atoms with Gasteiger partial charge in [0.05, 0.1) is 5.69 Å². The van der Waals surface area contributed by atoms with Gasteiger partial charge in [-0.1, -0.05) is 40.5 Å². The number of rotatable bonds is 7. The first-order valence-electron chi connectivity index (χ1n) is 6.41. The van der Waals surface area contributed by atoms with Crippen molar-refractivity contribution in [3.63, 3.8) is 0 Å². The summed E-state index contributed by atoms with van der Waals surface area (Å²) in [5.74, 6) is 0.755. The molecular formula is C13H25N3. The van der Waals surface area contributed by atoms with Gasteiger partial charge in [-0.25, -0.2) is 0 Å². The van der Waals surface area contributed by atoms with Crippen LogP contribution in [0.25, 0.3) is 0 Å². The fourth-order valence-corrected chi connectivity index (χ4v) is 1.72. The van der Waals surface area contributed by atoms with Crippen molar-refractivity contribution in [1.82, 2.24) is 15.1 Å². The second kappa shape index (κ2) is 6.69. The van der Waals surface area contributed by atoms with Gasteiger partial charge in [0.2, 0.25) is 0 Å². The zero-order valence-corrected chi connectivity index (χ0v) is 11.0. The number of hydrogen-bond donors (Lipinski definition) is 1. The fourth-order valence-electron chi connectivity index (χ4n) is 1.72. The van der Waals surface area contributed by atoms with Gasteiger partial charge in [0, 0.05) is 25.3 Å². The molecule has 1 aromatic rings. The van der Waals surface area contributed by atoms with E-state index in [2.05, 4.69) is 55.1 Å². The molecule has 0 aliphatic rings. The maximum absolute atomic E-state index is 4.57. The van der Waals surface area contributed by atoms with Gasteiger partial charge in [-0.2, -0.15) is 5.10 Å². The molecule has 0 saturated heterocycles. The van der Waals surface area contributed by atoms with Crippen molar-refractivity contribution in [2.75, 3.05) is 0 Å². The maximum Gasteiger partial charge on any atom is 0.0762 e. The van der Waals surface area contributed by atoms with Crippen LogP contribution in [0.15, 0.2) is 12.3 Å². The Labute approximate surface area is 99.2 Å². The fraction of sp³-hybridized carbons (Fsp3) is 0.769. The zero-order chi connectivity index (χ0) is 12.0. The summed E-state index contributed by atoms with van der Waals surface area (Å²) in [6.07, 6.45) is 4.56. The number of aromatic nitrogens is 2. The smallest absolute Gasteiger partial charge is 0.0762 e. The third-order valence-corrected chi connectivity index (χ3v) is 2.99.